The summed E-state index contributed by atoms with van der Waals surface area (Å²) in [5.41, 5.74) is 3.30. The third-order valence-corrected chi connectivity index (χ3v) is 6.61. The lowest BCUT2D eigenvalue weighted by Gasteiger charge is -2.51. The zero-order valence-corrected chi connectivity index (χ0v) is 19.2. The number of hydrogen-bond donors (Lipinski definition) is 0. The summed E-state index contributed by atoms with van der Waals surface area (Å²) in [4.78, 5) is 40.8. The van der Waals surface area contributed by atoms with Crippen LogP contribution in [-0.4, -0.2) is 65.2 Å². The zero-order valence-electron chi connectivity index (χ0n) is 19.2. The third-order valence-electron chi connectivity index (χ3n) is 6.61. The number of fused-ring (bicyclic) bond motifs is 3. The van der Waals surface area contributed by atoms with Gasteiger partial charge in [0.1, 0.15) is 12.2 Å². The predicted octanol–water partition coefficient (Wildman–Crippen LogP) is 4.20. The minimum Gasteiger partial charge on any atom is -0.448 e. The highest BCUT2D eigenvalue weighted by Gasteiger charge is 2.57. The van der Waals surface area contributed by atoms with Gasteiger partial charge in [0, 0.05) is 25.4 Å². The zero-order chi connectivity index (χ0) is 23.4. The highest BCUT2D eigenvalue weighted by atomic mass is 16.6. The Balaban J connectivity index is 1.28. The van der Waals surface area contributed by atoms with Crippen molar-refractivity contribution in [2.45, 2.75) is 44.2 Å². The van der Waals surface area contributed by atoms with Crippen molar-refractivity contribution in [3.8, 4) is 11.1 Å². The van der Waals surface area contributed by atoms with Crippen LogP contribution in [0.25, 0.3) is 11.1 Å². The van der Waals surface area contributed by atoms with E-state index in [1.165, 1.54) is 9.80 Å². The summed E-state index contributed by atoms with van der Waals surface area (Å²) >= 11 is 0. The summed E-state index contributed by atoms with van der Waals surface area (Å²) in [7, 11) is 0. The van der Waals surface area contributed by atoms with Crippen LogP contribution in [-0.2, 0) is 14.3 Å². The van der Waals surface area contributed by atoms with Crippen LogP contribution in [0.3, 0.4) is 0 Å². The van der Waals surface area contributed by atoms with Gasteiger partial charge in [-0.1, -0.05) is 48.5 Å². The second-order valence-corrected chi connectivity index (χ2v) is 10.2. The molecule has 0 atom stereocenters. The van der Waals surface area contributed by atoms with Crippen molar-refractivity contribution in [1.29, 1.82) is 0 Å². The van der Waals surface area contributed by atoms with Crippen molar-refractivity contribution < 1.29 is 23.9 Å². The SMILES string of the molecule is CC(C)(C)OC(=O)N1CC2(CC(=O)CN2C(=O)OCC2c3ccccc3-c3ccccc32)C1. The van der Waals surface area contributed by atoms with Gasteiger partial charge >= 0.3 is 12.2 Å². The molecule has 0 radical (unpaired) electrons. The van der Waals surface area contributed by atoms with E-state index in [-0.39, 0.29) is 44.4 Å². The van der Waals surface area contributed by atoms with E-state index in [4.69, 9.17) is 9.47 Å². The highest BCUT2D eigenvalue weighted by Crippen LogP contribution is 2.45. The Bertz CT molecular complexity index is 1080. The van der Waals surface area contributed by atoms with Crippen molar-refractivity contribution in [2.24, 2.45) is 0 Å². The molecule has 0 N–H and O–H groups in total. The molecule has 7 heteroatoms. The Morgan fingerprint density at radius 3 is 2.12 bits per heavy atom. The molecule has 2 fully saturated rings. The smallest absolute Gasteiger partial charge is 0.410 e. The van der Waals surface area contributed by atoms with Gasteiger partial charge in [-0.05, 0) is 43.0 Å². The molecule has 0 aromatic heterocycles. The van der Waals surface area contributed by atoms with Crippen LogP contribution in [0.5, 0.6) is 0 Å². The van der Waals surface area contributed by atoms with Crippen LogP contribution in [0.2, 0.25) is 0 Å². The van der Waals surface area contributed by atoms with E-state index in [0.717, 1.165) is 22.3 Å². The number of nitrogens with zero attached hydrogens (tertiary/aromatic N) is 2. The molecule has 1 spiro atoms. The number of benzene rings is 2. The molecule has 7 nitrogen and oxygen atoms in total. The molecule has 0 unspecified atom stereocenters. The second kappa shape index (κ2) is 7.61. The first-order chi connectivity index (χ1) is 15.7. The molecule has 0 bridgehead atoms. The third kappa shape index (κ3) is 3.75. The summed E-state index contributed by atoms with van der Waals surface area (Å²) in [6.07, 6.45) is -0.706. The van der Waals surface area contributed by atoms with Crippen LogP contribution >= 0.6 is 0 Å². The summed E-state index contributed by atoms with van der Waals surface area (Å²) in [6, 6.07) is 16.3. The van der Waals surface area contributed by atoms with Gasteiger partial charge in [-0.3, -0.25) is 9.69 Å². The van der Waals surface area contributed by atoms with Crippen molar-refractivity contribution in [1.82, 2.24) is 9.80 Å². The Hall–Kier alpha value is -3.35. The number of Topliss-reactive ketones (excluding diaryl/α,β-unsaturated/α-hetero) is 1. The molecule has 2 heterocycles. The average molecular weight is 449 g/mol. The van der Waals surface area contributed by atoms with Crippen molar-refractivity contribution >= 4 is 18.0 Å². The van der Waals surface area contributed by atoms with Gasteiger partial charge in [-0.2, -0.15) is 0 Å². The van der Waals surface area contributed by atoms with Crippen LogP contribution in [0.1, 0.15) is 44.2 Å². The molecule has 2 saturated heterocycles. The number of rotatable bonds is 2. The molecular weight excluding hydrogens is 420 g/mol. The number of amides is 2. The number of likely N-dealkylation sites (tertiary alicyclic amines) is 2. The van der Waals surface area contributed by atoms with E-state index in [1.54, 1.807) is 0 Å². The second-order valence-electron chi connectivity index (χ2n) is 10.2. The lowest BCUT2D eigenvalue weighted by atomic mass is 9.87. The first kappa shape index (κ1) is 21.5. The van der Waals surface area contributed by atoms with Crippen LogP contribution in [0, 0.1) is 0 Å². The number of carbonyl (C=O) groups is 3. The fraction of sp³-hybridized carbons (Fsp3) is 0.423. The standard InChI is InChI=1S/C26H28N2O5/c1-25(2,3)33-23(30)27-15-26(16-27)12-17(29)13-28(26)24(31)32-14-22-20-10-6-4-8-18(20)19-9-5-7-11-21(19)22/h4-11,22H,12-16H2,1-3H3. The van der Waals surface area contributed by atoms with Gasteiger partial charge in [0.15, 0.2) is 5.78 Å². The lowest BCUT2D eigenvalue weighted by molar-refractivity contribution is -0.117. The fourth-order valence-corrected chi connectivity index (χ4v) is 5.19. The van der Waals surface area contributed by atoms with Crippen molar-refractivity contribution in [2.75, 3.05) is 26.2 Å². The normalized spacial score (nSPS) is 18.7. The Kier molecular flexibility index (Phi) is 4.96. The largest absolute Gasteiger partial charge is 0.448 e. The molecule has 2 aromatic rings. The predicted molar refractivity (Wildman–Crippen MR) is 122 cm³/mol. The van der Waals surface area contributed by atoms with Gasteiger partial charge in [-0.15, -0.1) is 0 Å². The fourth-order valence-electron chi connectivity index (χ4n) is 5.19. The van der Waals surface area contributed by atoms with Gasteiger partial charge in [0.25, 0.3) is 0 Å². The van der Waals surface area contributed by atoms with Crippen LogP contribution in [0.15, 0.2) is 48.5 Å². The number of ketones is 1. The molecule has 2 aliphatic heterocycles. The summed E-state index contributed by atoms with van der Waals surface area (Å²) in [6.45, 7) is 6.19. The number of hydrogen-bond acceptors (Lipinski definition) is 5. The van der Waals surface area contributed by atoms with Gasteiger partial charge in [0.05, 0.1) is 12.1 Å². The van der Waals surface area contributed by atoms with Crippen LogP contribution < -0.4 is 0 Å². The van der Waals surface area contributed by atoms with E-state index >= 15 is 0 Å². The maximum atomic E-state index is 13.1. The maximum Gasteiger partial charge on any atom is 0.410 e. The lowest BCUT2D eigenvalue weighted by Crippen LogP contribution is -2.70. The quantitative estimate of drug-likeness (QED) is 0.688. The van der Waals surface area contributed by atoms with E-state index < -0.39 is 23.3 Å². The molecule has 0 saturated carbocycles. The topological polar surface area (TPSA) is 76.2 Å². The Morgan fingerprint density at radius 2 is 1.55 bits per heavy atom. The minimum absolute atomic E-state index is 0.0127. The summed E-state index contributed by atoms with van der Waals surface area (Å²) < 4.78 is 11.2. The van der Waals surface area contributed by atoms with Gasteiger partial charge < -0.3 is 14.4 Å². The summed E-state index contributed by atoms with van der Waals surface area (Å²) in [5, 5.41) is 0. The molecule has 2 amide bonds. The molecule has 1 aliphatic carbocycles. The van der Waals surface area contributed by atoms with Crippen LogP contribution in [0.4, 0.5) is 9.59 Å². The van der Waals surface area contributed by atoms with E-state index in [1.807, 2.05) is 45.0 Å². The molecule has 33 heavy (non-hydrogen) atoms. The molecule has 2 aromatic carbocycles. The minimum atomic E-state index is -0.698. The first-order valence-corrected chi connectivity index (χ1v) is 11.3. The molecule has 172 valence electrons. The van der Waals surface area contributed by atoms with Crippen molar-refractivity contribution in [3.05, 3.63) is 59.7 Å². The molecule has 3 aliphatic rings. The van der Waals surface area contributed by atoms with E-state index in [0.29, 0.717) is 0 Å². The van der Waals surface area contributed by atoms with E-state index in [2.05, 4.69) is 24.3 Å². The maximum absolute atomic E-state index is 13.1. The highest BCUT2D eigenvalue weighted by molar-refractivity contribution is 5.90. The van der Waals surface area contributed by atoms with Crippen molar-refractivity contribution in [3.63, 3.8) is 0 Å². The van der Waals surface area contributed by atoms with Gasteiger partial charge in [-0.25, -0.2) is 9.59 Å². The van der Waals surface area contributed by atoms with Gasteiger partial charge in [0.2, 0.25) is 0 Å². The first-order valence-electron chi connectivity index (χ1n) is 11.3. The molecule has 5 rings (SSSR count). The number of carbonyl (C=O) groups excluding carboxylic acids is 3. The average Bonchev–Trinajstić information content (AvgIpc) is 3.25. The monoisotopic (exact) mass is 448 g/mol. The summed E-state index contributed by atoms with van der Waals surface area (Å²) in [5.74, 6) is -0.0670. The molecular formula is C26H28N2O5. The van der Waals surface area contributed by atoms with E-state index in [9.17, 15) is 14.4 Å². The Labute approximate surface area is 193 Å². The number of ether oxygens (including phenoxy) is 2. The Morgan fingerprint density at radius 1 is 0.970 bits per heavy atom.